The van der Waals surface area contributed by atoms with E-state index in [1.807, 2.05) is 7.05 Å². The normalized spacial score (nSPS) is 15.4. The van der Waals surface area contributed by atoms with Crippen molar-refractivity contribution < 1.29 is 12.8 Å². The van der Waals surface area contributed by atoms with Crippen molar-refractivity contribution in [1.82, 2.24) is 19.5 Å². The van der Waals surface area contributed by atoms with E-state index in [1.165, 1.54) is 22.7 Å². The van der Waals surface area contributed by atoms with Crippen molar-refractivity contribution in [2.75, 3.05) is 19.3 Å². The zero-order valence-corrected chi connectivity index (χ0v) is 14.3. The summed E-state index contributed by atoms with van der Waals surface area (Å²) >= 11 is 0. The summed E-state index contributed by atoms with van der Waals surface area (Å²) in [5, 5.41) is 4.21. The number of rotatable bonds is 2. The van der Waals surface area contributed by atoms with E-state index in [0.29, 0.717) is 13.0 Å². The first kappa shape index (κ1) is 16.0. The second-order valence-electron chi connectivity index (χ2n) is 6.13. The Morgan fingerprint density at radius 1 is 1.32 bits per heavy atom. The number of sulfone groups is 1. The van der Waals surface area contributed by atoms with E-state index in [0.717, 1.165) is 23.9 Å². The van der Waals surface area contributed by atoms with E-state index < -0.39 is 15.7 Å². The largest absolute Gasteiger partial charge is 0.381 e. The molecule has 3 heterocycles. The molecule has 0 amide bonds. The van der Waals surface area contributed by atoms with Gasteiger partial charge < -0.3 is 10.6 Å². The van der Waals surface area contributed by atoms with Gasteiger partial charge in [-0.3, -0.25) is 0 Å². The SMILES string of the molecule is CN1CCc2c(cnc3c(S(=O)(=O)c4cccc(F)c4)c(N)nn23)C1. The summed E-state index contributed by atoms with van der Waals surface area (Å²) < 4.78 is 40.9. The molecule has 7 nitrogen and oxygen atoms in total. The second kappa shape index (κ2) is 5.50. The van der Waals surface area contributed by atoms with Gasteiger partial charge in [-0.1, -0.05) is 6.07 Å². The van der Waals surface area contributed by atoms with Crippen LogP contribution >= 0.6 is 0 Å². The Morgan fingerprint density at radius 3 is 2.88 bits per heavy atom. The van der Waals surface area contributed by atoms with E-state index >= 15 is 0 Å². The fourth-order valence-corrected chi connectivity index (χ4v) is 4.59. The van der Waals surface area contributed by atoms with Crippen LogP contribution in [0.25, 0.3) is 5.65 Å². The maximum absolute atomic E-state index is 13.5. The number of hydrogen-bond donors (Lipinski definition) is 1. The minimum atomic E-state index is -4.03. The quantitative estimate of drug-likeness (QED) is 0.739. The van der Waals surface area contributed by atoms with Gasteiger partial charge in [-0.2, -0.15) is 0 Å². The third kappa shape index (κ3) is 2.47. The van der Waals surface area contributed by atoms with Crippen LogP contribution in [-0.2, 0) is 22.8 Å². The van der Waals surface area contributed by atoms with Crippen molar-refractivity contribution >= 4 is 21.3 Å². The smallest absolute Gasteiger partial charge is 0.214 e. The lowest BCUT2D eigenvalue weighted by atomic mass is 10.1. The van der Waals surface area contributed by atoms with Crippen LogP contribution in [0.5, 0.6) is 0 Å². The summed E-state index contributed by atoms with van der Waals surface area (Å²) in [5.41, 5.74) is 7.97. The number of aromatic nitrogens is 3. The molecule has 9 heteroatoms. The van der Waals surface area contributed by atoms with Gasteiger partial charge in [0.2, 0.25) is 9.84 Å². The average molecular weight is 361 g/mol. The Kier molecular flexibility index (Phi) is 3.51. The molecule has 1 aliphatic heterocycles. The molecular formula is C16H16FN5O2S. The highest BCUT2D eigenvalue weighted by Gasteiger charge is 2.29. The van der Waals surface area contributed by atoms with Gasteiger partial charge >= 0.3 is 0 Å². The van der Waals surface area contributed by atoms with Gasteiger partial charge in [-0.15, -0.1) is 5.10 Å². The number of anilines is 1. The molecule has 0 unspecified atom stereocenters. The van der Waals surface area contributed by atoms with Crippen LogP contribution in [0.3, 0.4) is 0 Å². The fourth-order valence-electron chi connectivity index (χ4n) is 3.14. The number of nitrogens with zero attached hydrogens (tertiary/aromatic N) is 4. The van der Waals surface area contributed by atoms with Gasteiger partial charge in [0.1, 0.15) is 5.82 Å². The summed E-state index contributed by atoms with van der Waals surface area (Å²) in [6, 6.07) is 4.82. The van der Waals surface area contributed by atoms with Crippen molar-refractivity contribution in [3.8, 4) is 0 Å². The zero-order valence-electron chi connectivity index (χ0n) is 13.5. The van der Waals surface area contributed by atoms with Gasteiger partial charge in [-0.05, 0) is 25.2 Å². The average Bonchev–Trinajstić information content (AvgIpc) is 2.91. The third-order valence-electron chi connectivity index (χ3n) is 4.36. The Labute approximate surface area is 143 Å². The first-order valence-electron chi connectivity index (χ1n) is 7.72. The molecule has 1 aliphatic rings. The van der Waals surface area contributed by atoms with Crippen molar-refractivity contribution in [3.05, 3.63) is 47.5 Å². The van der Waals surface area contributed by atoms with Crippen LogP contribution in [0.2, 0.25) is 0 Å². The number of benzene rings is 1. The van der Waals surface area contributed by atoms with Crippen LogP contribution in [0.1, 0.15) is 11.3 Å². The topological polar surface area (TPSA) is 93.6 Å². The molecule has 4 rings (SSSR count). The standard InChI is InChI=1S/C16H16FN5O2S/c1-21-6-5-13-10(9-21)8-19-16-14(15(18)20-22(13)16)25(23,24)12-4-2-3-11(17)7-12/h2-4,7-8H,5-6,9H2,1H3,(H2,18,20). The minimum Gasteiger partial charge on any atom is -0.381 e. The van der Waals surface area contributed by atoms with Crippen molar-refractivity contribution in [3.63, 3.8) is 0 Å². The lowest BCUT2D eigenvalue weighted by Crippen LogP contribution is -2.28. The molecule has 25 heavy (non-hydrogen) atoms. The van der Waals surface area contributed by atoms with Crippen molar-refractivity contribution in [2.24, 2.45) is 0 Å². The van der Waals surface area contributed by atoms with Gasteiger partial charge in [0.25, 0.3) is 0 Å². The zero-order chi connectivity index (χ0) is 17.8. The molecule has 0 aliphatic carbocycles. The number of fused-ring (bicyclic) bond motifs is 3. The summed E-state index contributed by atoms with van der Waals surface area (Å²) in [5.74, 6) is -0.770. The molecule has 3 aromatic rings. The van der Waals surface area contributed by atoms with Crippen LogP contribution < -0.4 is 5.73 Å². The molecule has 0 saturated carbocycles. The highest BCUT2D eigenvalue weighted by atomic mass is 32.2. The summed E-state index contributed by atoms with van der Waals surface area (Å²) in [6.45, 7) is 1.54. The first-order chi connectivity index (χ1) is 11.9. The van der Waals surface area contributed by atoms with Gasteiger partial charge in [0.15, 0.2) is 16.4 Å². The maximum atomic E-state index is 13.5. The molecule has 130 valence electrons. The molecule has 0 saturated heterocycles. The van der Waals surface area contributed by atoms with Crippen molar-refractivity contribution in [1.29, 1.82) is 0 Å². The van der Waals surface area contributed by atoms with Crippen LogP contribution in [0, 0.1) is 5.82 Å². The lowest BCUT2D eigenvalue weighted by molar-refractivity contribution is 0.307. The van der Waals surface area contributed by atoms with Gasteiger partial charge in [0.05, 0.1) is 10.6 Å². The Balaban J connectivity index is 1.96. The summed E-state index contributed by atoms with van der Waals surface area (Å²) in [6.07, 6.45) is 2.37. The highest BCUT2D eigenvalue weighted by Crippen LogP contribution is 2.31. The Hall–Kier alpha value is -2.52. The number of hydrogen-bond acceptors (Lipinski definition) is 6. The molecule has 0 spiro atoms. The first-order valence-corrected chi connectivity index (χ1v) is 9.20. The third-order valence-corrected chi connectivity index (χ3v) is 6.16. The molecule has 2 aromatic heterocycles. The Bertz CT molecular complexity index is 1090. The molecule has 0 fully saturated rings. The molecule has 1 aromatic carbocycles. The highest BCUT2D eigenvalue weighted by molar-refractivity contribution is 7.91. The molecule has 0 bridgehead atoms. The van der Waals surface area contributed by atoms with E-state index in [9.17, 15) is 12.8 Å². The second-order valence-corrected chi connectivity index (χ2v) is 8.02. The van der Waals surface area contributed by atoms with Gasteiger partial charge in [0, 0.05) is 31.3 Å². The fraction of sp³-hybridized carbons (Fsp3) is 0.250. The number of likely N-dealkylation sites (N-methyl/N-ethyl adjacent to an activating group) is 1. The van der Waals surface area contributed by atoms with E-state index in [4.69, 9.17) is 5.73 Å². The summed E-state index contributed by atoms with van der Waals surface area (Å²) in [7, 11) is -2.03. The minimum absolute atomic E-state index is 0.135. The predicted octanol–water partition coefficient (Wildman–Crippen LogP) is 1.27. The van der Waals surface area contributed by atoms with Crippen LogP contribution in [-0.4, -0.2) is 41.5 Å². The maximum Gasteiger partial charge on any atom is 0.214 e. The predicted molar refractivity (Wildman–Crippen MR) is 89.3 cm³/mol. The van der Waals surface area contributed by atoms with E-state index in [-0.39, 0.29) is 21.3 Å². The number of nitrogens with two attached hydrogens (primary N) is 1. The number of nitrogen functional groups attached to an aromatic ring is 1. The van der Waals surface area contributed by atoms with E-state index in [2.05, 4.69) is 15.0 Å². The van der Waals surface area contributed by atoms with E-state index in [1.54, 1.807) is 6.20 Å². The monoisotopic (exact) mass is 361 g/mol. The Morgan fingerprint density at radius 2 is 2.12 bits per heavy atom. The van der Waals surface area contributed by atoms with Gasteiger partial charge in [-0.25, -0.2) is 22.3 Å². The lowest BCUT2D eigenvalue weighted by Gasteiger charge is -2.24. The van der Waals surface area contributed by atoms with Crippen LogP contribution in [0.4, 0.5) is 10.2 Å². The summed E-state index contributed by atoms with van der Waals surface area (Å²) in [4.78, 5) is 6.08. The molecule has 2 N–H and O–H groups in total. The van der Waals surface area contributed by atoms with Crippen molar-refractivity contribution in [2.45, 2.75) is 22.8 Å². The number of halogens is 1. The molecule has 0 radical (unpaired) electrons. The molecular weight excluding hydrogens is 345 g/mol. The molecule has 0 atom stereocenters. The van der Waals surface area contributed by atoms with Crippen LogP contribution in [0.15, 0.2) is 40.3 Å².